The fraction of sp³-hybridized carbons (Fsp3) is 0.167. The molecule has 0 aromatic carbocycles. The Kier molecular flexibility index (Phi) is 3.37. The second-order valence-corrected chi connectivity index (χ2v) is 3.92. The van der Waals surface area contributed by atoms with E-state index in [1.54, 1.807) is 42.7 Å². The highest BCUT2D eigenvalue weighted by Crippen LogP contribution is 2.22. The summed E-state index contributed by atoms with van der Waals surface area (Å²) in [5, 5.41) is 2.89. The van der Waals surface area contributed by atoms with Crippen molar-refractivity contribution in [2.24, 2.45) is 0 Å². The van der Waals surface area contributed by atoms with Crippen molar-refractivity contribution in [1.29, 1.82) is 0 Å². The number of nitrogens with zero attached hydrogens (tertiary/aromatic N) is 7. The van der Waals surface area contributed by atoms with Gasteiger partial charge >= 0.3 is 0 Å². The lowest BCUT2D eigenvalue weighted by Crippen LogP contribution is -2.08. The number of imidazole rings is 1. The van der Waals surface area contributed by atoms with Gasteiger partial charge in [0, 0.05) is 31.8 Å². The minimum atomic E-state index is 0.349. The van der Waals surface area contributed by atoms with Gasteiger partial charge in [0.2, 0.25) is 17.8 Å². The molecule has 0 bridgehead atoms. The molecule has 21 heavy (non-hydrogen) atoms. The standard InChI is InChI=1S/C12H12N8O/c1-13-11-17-9(8-10(21-2)16-4-3-15-8)18-12(19-11)20-6-5-14-7-20/h3-7H,1-2H3,(H,13,17,18,19). The summed E-state index contributed by atoms with van der Waals surface area (Å²) in [4.78, 5) is 25.2. The first kappa shape index (κ1) is 12.9. The predicted octanol–water partition coefficient (Wildman–Crippen LogP) is 0.565. The molecule has 3 rings (SSSR count). The molecule has 0 radical (unpaired) electrons. The highest BCUT2D eigenvalue weighted by atomic mass is 16.5. The van der Waals surface area contributed by atoms with Crippen molar-refractivity contribution in [2.45, 2.75) is 0 Å². The number of methoxy groups -OCH3 is 1. The van der Waals surface area contributed by atoms with E-state index in [9.17, 15) is 0 Å². The summed E-state index contributed by atoms with van der Waals surface area (Å²) in [6.07, 6.45) is 8.08. The molecular weight excluding hydrogens is 272 g/mol. The normalized spacial score (nSPS) is 10.4. The highest BCUT2D eigenvalue weighted by Gasteiger charge is 2.15. The number of anilines is 1. The van der Waals surface area contributed by atoms with Crippen LogP contribution in [0.25, 0.3) is 17.5 Å². The first-order chi connectivity index (χ1) is 10.3. The lowest BCUT2D eigenvalue weighted by atomic mass is 10.4. The maximum Gasteiger partial charge on any atom is 0.243 e. The van der Waals surface area contributed by atoms with Crippen LogP contribution in [0.15, 0.2) is 31.1 Å². The van der Waals surface area contributed by atoms with Gasteiger partial charge in [0.15, 0.2) is 11.5 Å². The number of hydrogen-bond donors (Lipinski definition) is 1. The highest BCUT2D eigenvalue weighted by molar-refractivity contribution is 5.57. The van der Waals surface area contributed by atoms with Crippen molar-refractivity contribution in [3.8, 4) is 23.3 Å². The molecule has 0 fully saturated rings. The molecule has 0 atom stereocenters. The van der Waals surface area contributed by atoms with Gasteiger partial charge in [-0.1, -0.05) is 0 Å². The topological polar surface area (TPSA) is 104 Å². The largest absolute Gasteiger partial charge is 0.479 e. The average molecular weight is 284 g/mol. The summed E-state index contributed by atoms with van der Waals surface area (Å²) < 4.78 is 6.87. The van der Waals surface area contributed by atoms with Crippen LogP contribution in [0, 0.1) is 0 Å². The van der Waals surface area contributed by atoms with Gasteiger partial charge in [-0.15, -0.1) is 0 Å². The molecule has 0 unspecified atom stereocenters. The second-order valence-electron chi connectivity index (χ2n) is 3.92. The predicted molar refractivity (Wildman–Crippen MR) is 74.1 cm³/mol. The molecule has 0 amide bonds. The van der Waals surface area contributed by atoms with Crippen molar-refractivity contribution in [2.75, 3.05) is 19.5 Å². The Hall–Kier alpha value is -3.10. The van der Waals surface area contributed by atoms with E-state index in [4.69, 9.17) is 4.74 Å². The van der Waals surface area contributed by atoms with Crippen LogP contribution in [-0.4, -0.2) is 48.6 Å². The van der Waals surface area contributed by atoms with Gasteiger partial charge in [0.05, 0.1) is 7.11 Å². The molecule has 0 saturated carbocycles. The third-order valence-electron chi connectivity index (χ3n) is 2.65. The van der Waals surface area contributed by atoms with Crippen molar-refractivity contribution in [1.82, 2.24) is 34.5 Å². The average Bonchev–Trinajstić information content (AvgIpc) is 3.09. The molecule has 1 N–H and O–H groups in total. The monoisotopic (exact) mass is 284 g/mol. The Bertz CT molecular complexity index is 743. The summed E-state index contributed by atoms with van der Waals surface area (Å²) >= 11 is 0. The van der Waals surface area contributed by atoms with E-state index in [2.05, 4.69) is 35.2 Å². The van der Waals surface area contributed by atoms with Crippen molar-refractivity contribution in [3.63, 3.8) is 0 Å². The second kappa shape index (κ2) is 5.49. The Labute approximate surface area is 120 Å². The molecule has 9 heteroatoms. The van der Waals surface area contributed by atoms with Gasteiger partial charge in [0.25, 0.3) is 0 Å². The van der Waals surface area contributed by atoms with Crippen molar-refractivity contribution >= 4 is 5.95 Å². The number of nitrogens with one attached hydrogen (secondary N) is 1. The molecule has 9 nitrogen and oxygen atoms in total. The lowest BCUT2D eigenvalue weighted by molar-refractivity contribution is 0.397. The summed E-state index contributed by atoms with van der Waals surface area (Å²) in [6, 6.07) is 0. The Morgan fingerprint density at radius 2 is 1.95 bits per heavy atom. The van der Waals surface area contributed by atoms with E-state index >= 15 is 0 Å². The third kappa shape index (κ3) is 2.48. The molecule has 0 aliphatic heterocycles. The molecular formula is C12H12N8O. The Morgan fingerprint density at radius 3 is 2.67 bits per heavy atom. The third-order valence-corrected chi connectivity index (χ3v) is 2.65. The molecule has 106 valence electrons. The molecule has 3 aromatic rings. The Balaban J connectivity index is 2.16. The number of hydrogen-bond acceptors (Lipinski definition) is 8. The van der Waals surface area contributed by atoms with Crippen LogP contribution in [0.3, 0.4) is 0 Å². The van der Waals surface area contributed by atoms with Gasteiger partial charge in [-0.05, 0) is 0 Å². The smallest absolute Gasteiger partial charge is 0.243 e. The fourth-order valence-corrected chi connectivity index (χ4v) is 1.70. The van der Waals surface area contributed by atoms with Crippen molar-refractivity contribution in [3.05, 3.63) is 31.1 Å². The van der Waals surface area contributed by atoms with Crippen LogP contribution in [0.4, 0.5) is 5.95 Å². The lowest BCUT2D eigenvalue weighted by Gasteiger charge is -2.08. The van der Waals surface area contributed by atoms with Crippen LogP contribution in [0.5, 0.6) is 5.88 Å². The summed E-state index contributed by atoms with van der Waals surface area (Å²) in [5.74, 6) is 1.55. The van der Waals surface area contributed by atoms with E-state index < -0.39 is 0 Å². The SMILES string of the molecule is CNc1nc(-c2nccnc2OC)nc(-n2ccnc2)n1. The minimum Gasteiger partial charge on any atom is -0.479 e. The van der Waals surface area contributed by atoms with Gasteiger partial charge < -0.3 is 10.1 Å². The maximum absolute atomic E-state index is 5.19. The molecule has 0 saturated heterocycles. The van der Waals surface area contributed by atoms with E-state index in [0.717, 1.165) is 0 Å². The van der Waals surface area contributed by atoms with E-state index in [0.29, 0.717) is 29.3 Å². The van der Waals surface area contributed by atoms with Gasteiger partial charge in [0.1, 0.15) is 6.33 Å². The summed E-state index contributed by atoms with van der Waals surface area (Å²) in [6.45, 7) is 0. The first-order valence-corrected chi connectivity index (χ1v) is 6.09. The van der Waals surface area contributed by atoms with Crippen LogP contribution in [-0.2, 0) is 0 Å². The molecule has 0 aliphatic carbocycles. The minimum absolute atomic E-state index is 0.349. The van der Waals surface area contributed by atoms with Crippen LogP contribution in [0.1, 0.15) is 0 Å². The summed E-state index contributed by atoms with van der Waals surface area (Å²) in [5.41, 5.74) is 0.445. The van der Waals surface area contributed by atoms with Crippen LogP contribution < -0.4 is 10.1 Å². The maximum atomic E-state index is 5.19. The zero-order valence-electron chi connectivity index (χ0n) is 11.4. The molecule has 3 aromatic heterocycles. The van der Waals surface area contributed by atoms with Crippen LogP contribution >= 0.6 is 0 Å². The Morgan fingerprint density at radius 1 is 1.10 bits per heavy atom. The van der Waals surface area contributed by atoms with E-state index in [1.807, 2.05) is 0 Å². The zero-order chi connectivity index (χ0) is 14.7. The number of rotatable bonds is 4. The summed E-state index contributed by atoms with van der Waals surface area (Å²) in [7, 11) is 3.25. The molecule has 0 spiro atoms. The van der Waals surface area contributed by atoms with Gasteiger partial charge in [-0.3, -0.25) is 4.57 Å². The quantitative estimate of drug-likeness (QED) is 0.741. The number of ether oxygens (including phenoxy) is 1. The molecule has 0 aliphatic rings. The zero-order valence-corrected chi connectivity index (χ0v) is 11.4. The van der Waals surface area contributed by atoms with E-state index in [1.165, 1.54) is 7.11 Å². The van der Waals surface area contributed by atoms with Crippen molar-refractivity contribution < 1.29 is 4.74 Å². The number of aromatic nitrogens is 7. The van der Waals surface area contributed by atoms with Crippen LogP contribution in [0.2, 0.25) is 0 Å². The first-order valence-electron chi connectivity index (χ1n) is 6.09. The molecule has 3 heterocycles. The van der Waals surface area contributed by atoms with E-state index in [-0.39, 0.29) is 0 Å². The fourth-order valence-electron chi connectivity index (χ4n) is 1.70. The van der Waals surface area contributed by atoms with Gasteiger partial charge in [-0.25, -0.2) is 15.0 Å². The van der Waals surface area contributed by atoms with Gasteiger partial charge in [-0.2, -0.15) is 15.0 Å².